The molecule has 0 N–H and O–H groups in total. The number of nitrogens with zero attached hydrogens (tertiary/aromatic N) is 1. The molecule has 0 aromatic carbocycles. The first-order valence-electron chi connectivity index (χ1n) is 43.3. The monoisotopic (exact) mass is 1430 g/mol. The Kier molecular flexibility index (Phi) is 79.4. The minimum Gasteiger partial charge on any atom is -0.545 e. The number of carbonyl (C=O) groups is 3. The molecule has 2 unspecified atom stereocenters. The molecular formula is C94H163NO8. The Morgan fingerprint density at radius 1 is 0.291 bits per heavy atom. The first kappa shape index (κ1) is 98.4. The Morgan fingerprint density at radius 2 is 0.524 bits per heavy atom. The molecule has 0 bridgehead atoms. The van der Waals surface area contributed by atoms with Gasteiger partial charge in [-0.15, -0.1) is 0 Å². The van der Waals surface area contributed by atoms with Gasteiger partial charge in [-0.1, -0.05) is 398 Å². The molecule has 0 radical (unpaired) electrons. The normalized spacial score (nSPS) is 13.3. The molecule has 0 aliphatic rings. The Hall–Kier alpha value is -4.57. The molecule has 0 saturated heterocycles. The van der Waals surface area contributed by atoms with Crippen LogP contribution in [-0.4, -0.2) is 82.3 Å². The number of esters is 2. The summed E-state index contributed by atoms with van der Waals surface area (Å²) >= 11 is 0. The Bertz CT molecular complexity index is 2170. The van der Waals surface area contributed by atoms with Crippen LogP contribution in [0.1, 0.15) is 386 Å². The molecule has 0 aromatic rings. The minimum atomic E-state index is -1.63. The number of rotatable bonds is 80. The van der Waals surface area contributed by atoms with E-state index in [0.29, 0.717) is 23.9 Å². The van der Waals surface area contributed by atoms with Crippen molar-refractivity contribution in [2.45, 2.75) is 399 Å². The van der Waals surface area contributed by atoms with Gasteiger partial charge in [-0.2, -0.15) is 0 Å². The second kappa shape index (κ2) is 83.1. The molecule has 592 valence electrons. The third-order valence-electron chi connectivity index (χ3n) is 18.9. The molecule has 0 fully saturated rings. The summed E-state index contributed by atoms with van der Waals surface area (Å²) in [4.78, 5) is 37.7. The van der Waals surface area contributed by atoms with Crippen molar-refractivity contribution in [1.29, 1.82) is 0 Å². The summed E-state index contributed by atoms with van der Waals surface area (Å²) in [5.41, 5.74) is 0. The van der Waals surface area contributed by atoms with Crippen molar-refractivity contribution >= 4 is 17.9 Å². The van der Waals surface area contributed by atoms with Gasteiger partial charge in [0.15, 0.2) is 12.4 Å². The molecule has 103 heavy (non-hydrogen) atoms. The molecule has 9 nitrogen and oxygen atoms in total. The van der Waals surface area contributed by atoms with Crippen molar-refractivity contribution in [1.82, 2.24) is 0 Å². The minimum absolute atomic E-state index is 0.147. The number of likely N-dealkylation sites (N-methyl/N-ethyl adjacent to an activating group) is 1. The average molecular weight is 1440 g/mol. The summed E-state index contributed by atoms with van der Waals surface area (Å²) in [5, 5.41) is 11.9. The highest BCUT2D eigenvalue weighted by Gasteiger charge is 2.22. The zero-order valence-corrected chi connectivity index (χ0v) is 67.9. The number of quaternary nitrogens is 1. The number of aliphatic carboxylic acids is 1. The van der Waals surface area contributed by atoms with Crippen molar-refractivity contribution in [2.75, 3.05) is 47.5 Å². The van der Waals surface area contributed by atoms with Gasteiger partial charge in [0.05, 0.1) is 40.3 Å². The van der Waals surface area contributed by atoms with Crippen LogP contribution in [0.2, 0.25) is 0 Å². The van der Waals surface area contributed by atoms with E-state index in [1.165, 1.54) is 250 Å². The van der Waals surface area contributed by atoms with E-state index in [1.807, 2.05) is 21.1 Å². The van der Waals surface area contributed by atoms with Crippen molar-refractivity contribution in [2.24, 2.45) is 0 Å². The van der Waals surface area contributed by atoms with E-state index in [9.17, 15) is 19.5 Å². The predicted octanol–water partition coefficient (Wildman–Crippen LogP) is 27.0. The predicted molar refractivity (Wildman–Crippen MR) is 444 cm³/mol. The van der Waals surface area contributed by atoms with Crippen LogP contribution >= 0.6 is 0 Å². The van der Waals surface area contributed by atoms with Gasteiger partial charge >= 0.3 is 11.9 Å². The van der Waals surface area contributed by atoms with Gasteiger partial charge in [0, 0.05) is 12.8 Å². The second-order valence-corrected chi connectivity index (χ2v) is 30.1. The lowest BCUT2D eigenvalue weighted by molar-refractivity contribution is -0.870. The van der Waals surface area contributed by atoms with Crippen LogP contribution in [-0.2, 0) is 33.3 Å². The Labute approximate surface area is 637 Å². The van der Waals surface area contributed by atoms with Crippen LogP contribution in [0.3, 0.4) is 0 Å². The van der Waals surface area contributed by atoms with Gasteiger partial charge in [-0.05, 0) is 109 Å². The third-order valence-corrected chi connectivity index (χ3v) is 18.9. The number of unbranched alkanes of at least 4 members (excludes halogenated alkanes) is 43. The summed E-state index contributed by atoms with van der Waals surface area (Å²) in [7, 11) is 5.95. The highest BCUT2D eigenvalue weighted by Crippen LogP contribution is 2.20. The first-order valence-corrected chi connectivity index (χ1v) is 43.3. The summed E-state index contributed by atoms with van der Waals surface area (Å²) < 4.78 is 22.9. The van der Waals surface area contributed by atoms with Gasteiger partial charge in [-0.3, -0.25) is 9.59 Å². The van der Waals surface area contributed by atoms with Crippen molar-refractivity contribution in [3.05, 3.63) is 134 Å². The third kappa shape index (κ3) is 84.6. The van der Waals surface area contributed by atoms with Crippen molar-refractivity contribution < 1.29 is 42.9 Å². The van der Waals surface area contributed by atoms with E-state index in [0.717, 1.165) is 103 Å². The van der Waals surface area contributed by atoms with Crippen LogP contribution in [0.15, 0.2) is 134 Å². The summed E-state index contributed by atoms with van der Waals surface area (Å²) in [5.74, 6) is -2.26. The number of carbonyl (C=O) groups excluding carboxylic acids is 3. The average Bonchev–Trinajstić information content (AvgIpc) is 1.01. The zero-order valence-electron chi connectivity index (χ0n) is 67.9. The Balaban J connectivity index is 3.96. The largest absolute Gasteiger partial charge is 0.545 e. The van der Waals surface area contributed by atoms with Crippen molar-refractivity contribution in [3.63, 3.8) is 0 Å². The first-order chi connectivity index (χ1) is 50.6. The van der Waals surface area contributed by atoms with Crippen LogP contribution in [0, 0.1) is 0 Å². The molecular weight excluding hydrogens is 1270 g/mol. The number of allylic oxidation sites excluding steroid dienone is 22. The van der Waals surface area contributed by atoms with Gasteiger partial charge in [0.25, 0.3) is 0 Å². The van der Waals surface area contributed by atoms with Gasteiger partial charge in [0.2, 0.25) is 0 Å². The number of ether oxygens (including phenoxy) is 4. The SMILES string of the molecule is CC/C=C\C/C=C\C/C=C\C/C=C\C/C=C\C/C=C\C/C=C\CCCCCCCCCCCCCCCCCCCCCC(=O)OC(COC(=O)CCCCCCCCCCCCCCCCCCCCCCCCCC/C=C\C/C=C\C/C=C\C/C=C\CC)COC(OCC[N+](C)(C)C)C(=O)[O-]. The fraction of sp³-hybridized carbons (Fsp3) is 0.734. The maximum absolute atomic E-state index is 13.0. The quantitative estimate of drug-likeness (QED) is 0.0195. The maximum atomic E-state index is 13.0. The summed E-state index contributed by atoms with van der Waals surface area (Å²) in [6, 6.07) is 0. The summed E-state index contributed by atoms with van der Waals surface area (Å²) in [6.07, 6.45) is 117. The molecule has 0 spiro atoms. The van der Waals surface area contributed by atoms with Gasteiger partial charge in [0.1, 0.15) is 13.2 Å². The lowest BCUT2D eigenvalue weighted by Crippen LogP contribution is -2.44. The van der Waals surface area contributed by atoms with E-state index in [2.05, 4.69) is 148 Å². The van der Waals surface area contributed by atoms with Crippen LogP contribution in [0.25, 0.3) is 0 Å². The lowest BCUT2D eigenvalue weighted by Gasteiger charge is -2.26. The van der Waals surface area contributed by atoms with E-state index in [-0.39, 0.29) is 32.2 Å². The second-order valence-electron chi connectivity index (χ2n) is 30.1. The van der Waals surface area contributed by atoms with Gasteiger partial charge in [-0.25, -0.2) is 0 Å². The molecule has 0 rings (SSSR count). The van der Waals surface area contributed by atoms with E-state index < -0.39 is 24.3 Å². The highest BCUT2D eigenvalue weighted by atomic mass is 16.7. The highest BCUT2D eigenvalue weighted by molar-refractivity contribution is 5.70. The topological polar surface area (TPSA) is 111 Å². The summed E-state index contributed by atoms with van der Waals surface area (Å²) in [6.45, 7) is 4.57. The smallest absolute Gasteiger partial charge is 0.306 e. The van der Waals surface area contributed by atoms with Crippen LogP contribution in [0.5, 0.6) is 0 Å². The van der Waals surface area contributed by atoms with E-state index in [1.54, 1.807) is 0 Å². The van der Waals surface area contributed by atoms with E-state index >= 15 is 0 Å². The van der Waals surface area contributed by atoms with Crippen LogP contribution < -0.4 is 5.11 Å². The fourth-order valence-corrected chi connectivity index (χ4v) is 12.4. The Morgan fingerprint density at radius 3 is 0.777 bits per heavy atom. The molecule has 0 saturated carbocycles. The van der Waals surface area contributed by atoms with Crippen LogP contribution in [0.4, 0.5) is 0 Å². The molecule has 0 aromatic heterocycles. The number of hydrogen-bond donors (Lipinski definition) is 0. The maximum Gasteiger partial charge on any atom is 0.306 e. The molecule has 0 amide bonds. The standard InChI is InChI=1S/C94H163NO8/c1-6-8-10-12-14-16-18-20-22-24-26-28-30-32-34-36-38-40-42-44-45-46-47-49-51-53-55-57-59-61-63-65-67-69-71-73-75-77-79-81-83-85-92(97)103-90(89-102-94(93(98)99)100-87-86-95(3,4)5)88-101-91(96)84-82-80-78-76-74-72-70-68-66-64-62-60-58-56-54-52-50-48-43-41-39-37-35-33-31-29-27-25-23-21-19-17-15-13-11-9-7-2/h8-11,14-17,20-23,26-29,32,34,38,40,44-45,90,94H,6-7,12-13,18-19,24-25,30-31,33,35-37,39,41-43,46-89H2,1-5H3/b10-8-,11-9-,16-14-,17-15-,22-20-,23-21-,28-26-,29-27-,34-32-,40-38-,45-44-. The molecule has 2 atom stereocenters. The molecule has 0 aliphatic heterocycles. The molecule has 9 heteroatoms. The zero-order chi connectivity index (χ0) is 74.6. The van der Waals surface area contributed by atoms with E-state index in [4.69, 9.17) is 18.9 Å². The van der Waals surface area contributed by atoms with Gasteiger partial charge < -0.3 is 33.3 Å². The lowest BCUT2D eigenvalue weighted by atomic mass is 10.0. The number of hydrogen-bond acceptors (Lipinski definition) is 8. The van der Waals surface area contributed by atoms with Crippen molar-refractivity contribution in [3.8, 4) is 0 Å². The number of carboxylic acid groups (broad SMARTS) is 1. The molecule has 0 heterocycles. The fourth-order valence-electron chi connectivity index (χ4n) is 12.4. The number of carboxylic acids is 1. The molecule has 0 aliphatic carbocycles.